The summed E-state index contributed by atoms with van der Waals surface area (Å²) in [5, 5.41) is 0. The van der Waals surface area contributed by atoms with Gasteiger partial charge in [0.2, 0.25) is 10.0 Å². The van der Waals surface area contributed by atoms with Gasteiger partial charge in [0, 0.05) is 43.3 Å². The summed E-state index contributed by atoms with van der Waals surface area (Å²) in [5.41, 5.74) is 2.23. The van der Waals surface area contributed by atoms with Gasteiger partial charge in [0.15, 0.2) is 0 Å². The Kier molecular flexibility index (Phi) is 4.87. The fourth-order valence-corrected chi connectivity index (χ4v) is 4.62. The lowest BCUT2D eigenvalue weighted by Gasteiger charge is -2.20. The molecule has 6 nitrogen and oxygen atoms in total. The molecule has 2 heterocycles. The summed E-state index contributed by atoms with van der Waals surface area (Å²) in [6, 6.07) is 8.38. The van der Waals surface area contributed by atoms with E-state index in [-0.39, 0.29) is 10.8 Å². The molecule has 1 amide bonds. The van der Waals surface area contributed by atoms with Crippen molar-refractivity contribution in [2.75, 3.05) is 24.5 Å². The maximum absolute atomic E-state index is 12.7. The number of amides is 1. The number of pyridine rings is 1. The smallest absolute Gasteiger partial charge is 0.258 e. The number of hydrogen-bond donors (Lipinski definition) is 0. The minimum absolute atomic E-state index is 0.0968. The third-order valence-corrected chi connectivity index (χ3v) is 6.51. The summed E-state index contributed by atoms with van der Waals surface area (Å²) in [6.45, 7) is 5.06. The van der Waals surface area contributed by atoms with Crippen molar-refractivity contribution in [3.05, 3.63) is 53.9 Å². The van der Waals surface area contributed by atoms with Gasteiger partial charge in [-0.25, -0.2) is 8.42 Å². The quantitative estimate of drug-likeness (QED) is 0.821. The van der Waals surface area contributed by atoms with Crippen molar-refractivity contribution in [3.8, 4) is 0 Å². The lowest BCUT2D eigenvalue weighted by Crippen LogP contribution is -2.30. The number of fused-ring (bicyclic) bond motifs is 1. The van der Waals surface area contributed by atoms with Crippen LogP contribution in [0.15, 0.2) is 47.6 Å². The molecule has 25 heavy (non-hydrogen) atoms. The number of nitrogens with zero attached hydrogens (tertiary/aromatic N) is 3. The first-order chi connectivity index (χ1) is 12.0. The van der Waals surface area contributed by atoms with Gasteiger partial charge in [-0.3, -0.25) is 9.78 Å². The number of aromatic nitrogens is 1. The van der Waals surface area contributed by atoms with Crippen LogP contribution in [0.2, 0.25) is 0 Å². The summed E-state index contributed by atoms with van der Waals surface area (Å²) in [4.78, 5) is 18.6. The van der Waals surface area contributed by atoms with E-state index < -0.39 is 10.0 Å². The predicted molar refractivity (Wildman–Crippen MR) is 96.2 cm³/mol. The molecule has 0 atom stereocenters. The second kappa shape index (κ2) is 6.93. The van der Waals surface area contributed by atoms with Gasteiger partial charge >= 0.3 is 0 Å². The Bertz CT molecular complexity index is 878. The topological polar surface area (TPSA) is 70.6 Å². The molecular formula is C18H21N3O3S. The summed E-state index contributed by atoms with van der Waals surface area (Å²) >= 11 is 0. The largest absolute Gasteiger partial charge is 0.308 e. The molecule has 132 valence electrons. The Balaban J connectivity index is 1.92. The SMILES string of the molecule is CCN(CC)S(=O)(=O)c1ccc2c(c1)CCN2C(=O)c1ccncc1. The van der Waals surface area contributed by atoms with Crippen LogP contribution in [-0.2, 0) is 16.4 Å². The van der Waals surface area contributed by atoms with Gasteiger partial charge in [0.25, 0.3) is 5.91 Å². The van der Waals surface area contributed by atoms with Crippen molar-refractivity contribution in [2.45, 2.75) is 25.2 Å². The van der Waals surface area contributed by atoms with Crippen molar-refractivity contribution < 1.29 is 13.2 Å². The first kappa shape index (κ1) is 17.6. The Morgan fingerprint density at radius 3 is 2.48 bits per heavy atom. The summed E-state index contributed by atoms with van der Waals surface area (Å²) in [6.07, 6.45) is 3.82. The lowest BCUT2D eigenvalue weighted by atomic mass is 10.1. The molecule has 0 bridgehead atoms. The van der Waals surface area contributed by atoms with Crippen molar-refractivity contribution in [3.63, 3.8) is 0 Å². The lowest BCUT2D eigenvalue weighted by molar-refractivity contribution is 0.0989. The third kappa shape index (κ3) is 3.17. The van der Waals surface area contributed by atoms with E-state index in [1.54, 1.807) is 47.6 Å². The zero-order valence-electron chi connectivity index (χ0n) is 14.3. The molecule has 7 heteroatoms. The zero-order chi connectivity index (χ0) is 18.0. The molecule has 1 aromatic carbocycles. The second-order valence-electron chi connectivity index (χ2n) is 5.82. The van der Waals surface area contributed by atoms with E-state index in [1.165, 1.54) is 4.31 Å². The highest BCUT2D eigenvalue weighted by Crippen LogP contribution is 2.32. The summed E-state index contributed by atoms with van der Waals surface area (Å²) in [7, 11) is -3.49. The van der Waals surface area contributed by atoms with Crippen molar-refractivity contribution in [1.29, 1.82) is 0 Å². The Hall–Kier alpha value is -2.25. The Labute approximate surface area is 148 Å². The van der Waals surface area contributed by atoms with Crippen LogP contribution < -0.4 is 4.90 Å². The van der Waals surface area contributed by atoms with E-state index in [1.807, 2.05) is 13.8 Å². The van der Waals surface area contributed by atoms with Gasteiger partial charge in [-0.1, -0.05) is 13.8 Å². The van der Waals surface area contributed by atoms with E-state index in [4.69, 9.17) is 0 Å². The minimum atomic E-state index is -3.49. The molecule has 0 saturated carbocycles. The molecule has 0 aliphatic carbocycles. The van der Waals surface area contributed by atoms with Gasteiger partial charge in [-0.15, -0.1) is 0 Å². The number of rotatable bonds is 5. The maximum Gasteiger partial charge on any atom is 0.258 e. The Morgan fingerprint density at radius 2 is 1.84 bits per heavy atom. The van der Waals surface area contributed by atoms with E-state index in [0.717, 1.165) is 11.3 Å². The molecule has 1 aliphatic heterocycles. The van der Waals surface area contributed by atoms with Crippen LogP contribution in [0.25, 0.3) is 0 Å². The fourth-order valence-electron chi connectivity index (χ4n) is 3.11. The van der Waals surface area contributed by atoms with Gasteiger partial charge in [0.1, 0.15) is 0 Å². The number of anilines is 1. The van der Waals surface area contributed by atoms with Crippen molar-refractivity contribution >= 4 is 21.6 Å². The number of benzene rings is 1. The molecule has 0 saturated heterocycles. The van der Waals surface area contributed by atoms with Crippen LogP contribution in [0.4, 0.5) is 5.69 Å². The minimum Gasteiger partial charge on any atom is -0.308 e. The normalized spacial score (nSPS) is 14.0. The maximum atomic E-state index is 12.7. The van der Waals surface area contributed by atoms with E-state index in [9.17, 15) is 13.2 Å². The van der Waals surface area contributed by atoms with Crippen LogP contribution in [0.3, 0.4) is 0 Å². The first-order valence-corrected chi connectivity index (χ1v) is 9.78. The predicted octanol–water partition coefficient (Wildman–Crippen LogP) is 2.32. The number of hydrogen-bond acceptors (Lipinski definition) is 4. The molecule has 1 aliphatic rings. The van der Waals surface area contributed by atoms with Crippen molar-refractivity contribution in [1.82, 2.24) is 9.29 Å². The van der Waals surface area contributed by atoms with Crippen LogP contribution in [0, 0.1) is 0 Å². The van der Waals surface area contributed by atoms with Gasteiger partial charge in [0.05, 0.1) is 4.90 Å². The number of carbonyl (C=O) groups excluding carboxylic acids is 1. The fraction of sp³-hybridized carbons (Fsp3) is 0.333. The Morgan fingerprint density at radius 1 is 1.16 bits per heavy atom. The molecule has 1 aromatic heterocycles. The first-order valence-electron chi connectivity index (χ1n) is 8.34. The number of carbonyl (C=O) groups is 1. The molecule has 2 aromatic rings. The molecule has 3 rings (SSSR count). The highest BCUT2D eigenvalue weighted by atomic mass is 32.2. The van der Waals surface area contributed by atoms with Gasteiger partial charge in [-0.2, -0.15) is 4.31 Å². The monoisotopic (exact) mass is 359 g/mol. The molecule has 0 radical (unpaired) electrons. The molecule has 0 spiro atoms. The van der Waals surface area contributed by atoms with E-state index >= 15 is 0 Å². The molecule has 0 unspecified atom stereocenters. The van der Waals surface area contributed by atoms with Crippen LogP contribution >= 0.6 is 0 Å². The van der Waals surface area contributed by atoms with E-state index in [0.29, 0.717) is 31.6 Å². The van der Waals surface area contributed by atoms with Gasteiger partial charge in [-0.05, 0) is 42.3 Å². The highest BCUT2D eigenvalue weighted by Gasteiger charge is 2.28. The molecule has 0 fully saturated rings. The second-order valence-corrected chi connectivity index (χ2v) is 7.76. The van der Waals surface area contributed by atoms with Crippen LogP contribution in [0.5, 0.6) is 0 Å². The highest BCUT2D eigenvalue weighted by molar-refractivity contribution is 7.89. The zero-order valence-corrected chi connectivity index (χ0v) is 15.2. The molecular weight excluding hydrogens is 338 g/mol. The van der Waals surface area contributed by atoms with Crippen molar-refractivity contribution in [2.24, 2.45) is 0 Å². The standard InChI is InChI=1S/C18H21N3O3S/c1-3-20(4-2)25(23,24)16-5-6-17-15(13-16)9-12-21(17)18(22)14-7-10-19-11-8-14/h5-8,10-11,13H,3-4,9,12H2,1-2H3. The summed E-state index contributed by atoms with van der Waals surface area (Å²) < 4.78 is 26.8. The summed E-state index contributed by atoms with van der Waals surface area (Å²) in [5.74, 6) is -0.0968. The average molecular weight is 359 g/mol. The number of sulfonamides is 1. The van der Waals surface area contributed by atoms with Crippen LogP contribution in [-0.4, -0.2) is 43.2 Å². The van der Waals surface area contributed by atoms with E-state index in [2.05, 4.69) is 4.98 Å². The molecule has 0 N–H and O–H groups in total. The third-order valence-electron chi connectivity index (χ3n) is 4.46. The van der Waals surface area contributed by atoms with Crippen LogP contribution in [0.1, 0.15) is 29.8 Å². The van der Waals surface area contributed by atoms with Gasteiger partial charge < -0.3 is 4.90 Å². The average Bonchev–Trinajstić information content (AvgIpc) is 3.06.